The molecule has 0 bridgehead atoms. The van der Waals surface area contributed by atoms with E-state index in [4.69, 9.17) is 9.84 Å². The maximum absolute atomic E-state index is 9.13. The molecule has 0 heterocycles. The van der Waals surface area contributed by atoms with Gasteiger partial charge >= 0.3 is 0 Å². The van der Waals surface area contributed by atoms with Crippen molar-refractivity contribution in [2.24, 2.45) is 0 Å². The number of aliphatic hydroxyl groups is 1. The van der Waals surface area contributed by atoms with E-state index in [1.807, 2.05) is 18.2 Å². The Morgan fingerprint density at radius 3 is 2.75 bits per heavy atom. The largest absolute Gasteiger partial charge is 0.496 e. The number of aliphatic hydroxyl groups excluding tert-OH is 1. The number of methoxy groups -OCH3 is 1. The van der Waals surface area contributed by atoms with Crippen molar-refractivity contribution in [1.29, 1.82) is 0 Å². The van der Waals surface area contributed by atoms with Gasteiger partial charge in [0.05, 0.1) is 13.7 Å². The van der Waals surface area contributed by atoms with E-state index in [2.05, 4.69) is 11.9 Å². The molecule has 0 aliphatic heterocycles. The minimum absolute atomic E-state index is 0.0874. The Balaban J connectivity index is 2.15. The lowest BCUT2D eigenvalue weighted by molar-refractivity contribution is 0.280. The lowest BCUT2D eigenvalue weighted by Crippen LogP contribution is -2.20. The molecule has 3 heteroatoms. The molecular formula is C13H19NO2. The second-order valence-corrected chi connectivity index (χ2v) is 4.45. The van der Waals surface area contributed by atoms with Crippen LogP contribution in [0, 0.1) is 0 Å². The first-order valence-electron chi connectivity index (χ1n) is 5.71. The van der Waals surface area contributed by atoms with Gasteiger partial charge in [0, 0.05) is 18.2 Å². The quantitative estimate of drug-likeness (QED) is 0.822. The van der Waals surface area contributed by atoms with Crippen LogP contribution in [0.3, 0.4) is 0 Å². The second kappa shape index (κ2) is 4.85. The average Bonchev–Trinajstić information content (AvgIpc) is 3.12. The van der Waals surface area contributed by atoms with Gasteiger partial charge in [0.2, 0.25) is 0 Å². The summed E-state index contributed by atoms with van der Waals surface area (Å²) in [6.45, 7) is 0.978. The van der Waals surface area contributed by atoms with E-state index in [0.717, 1.165) is 29.5 Å². The number of hydrogen-bond acceptors (Lipinski definition) is 3. The zero-order valence-corrected chi connectivity index (χ0v) is 9.94. The maximum Gasteiger partial charge on any atom is 0.123 e. The Bertz CT molecular complexity index is 361. The SMILES string of the molecule is COc1ccc(CO)cc1CN(C)C1CC1. The predicted octanol–water partition coefficient (Wildman–Crippen LogP) is 1.78. The molecule has 0 aromatic heterocycles. The molecule has 0 unspecified atom stereocenters. The van der Waals surface area contributed by atoms with Crippen LogP contribution in [-0.4, -0.2) is 30.2 Å². The van der Waals surface area contributed by atoms with Crippen LogP contribution in [0.25, 0.3) is 0 Å². The normalized spacial score (nSPS) is 15.5. The number of rotatable bonds is 5. The van der Waals surface area contributed by atoms with Gasteiger partial charge in [-0.05, 0) is 37.6 Å². The predicted molar refractivity (Wildman–Crippen MR) is 63.4 cm³/mol. The standard InChI is InChI=1S/C13H19NO2/c1-14(12-4-5-12)8-11-7-10(9-15)3-6-13(11)16-2/h3,6-7,12,15H,4-5,8-9H2,1-2H3. The lowest BCUT2D eigenvalue weighted by Gasteiger charge is -2.18. The summed E-state index contributed by atoms with van der Waals surface area (Å²) in [5.41, 5.74) is 2.10. The fourth-order valence-corrected chi connectivity index (χ4v) is 1.97. The number of benzene rings is 1. The Morgan fingerprint density at radius 2 is 2.19 bits per heavy atom. The third-order valence-corrected chi connectivity index (χ3v) is 3.12. The molecule has 0 atom stereocenters. The van der Waals surface area contributed by atoms with Gasteiger partial charge in [-0.3, -0.25) is 4.90 Å². The first kappa shape index (κ1) is 11.4. The van der Waals surface area contributed by atoms with Gasteiger partial charge in [-0.25, -0.2) is 0 Å². The average molecular weight is 221 g/mol. The van der Waals surface area contributed by atoms with Gasteiger partial charge in [0.1, 0.15) is 5.75 Å². The Kier molecular flexibility index (Phi) is 3.46. The van der Waals surface area contributed by atoms with E-state index in [9.17, 15) is 0 Å². The summed E-state index contributed by atoms with van der Waals surface area (Å²) in [5.74, 6) is 0.907. The molecule has 0 saturated heterocycles. The van der Waals surface area contributed by atoms with Crippen molar-refractivity contribution < 1.29 is 9.84 Å². The summed E-state index contributed by atoms with van der Waals surface area (Å²) in [7, 11) is 3.83. The third-order valence-electron chi connectivity index (χ3n) is 3.12. The topological polar surface area (TPSA) is 32.7 Å². The lowest BCUT2D eigenvalue weighted by atomic mass is 10.1. The summed E-state index contributed by atoms with van der Waals surface area (Å²) >= 11 is 0. The summed E-state index contributed by atoms with van der Waals surface area (Å²) < 4.78 is 5.34. The highest BCUT2D eigenvalue weighted by atomic mass is 16.5. The van der Waals surface area contributed by atoms with Crippen molar-refractivity contribution >= 4 is 0 Å². The molecule has 1 aliphatic carbocycles. The van der Waals surface area contributed by atoms with Gasteiger partial charge in [-0.2, -0.15) is 0 Å². The summed E-state index contributed by atoms with van der Waals surface area (Å²) in [6.07, 6.45) is 2.61. The molecule has 1 aliphatic rings. The van der Waals surface area contributed by atoms with Crippen molar-refractivity contribution in [3.63, 3.8) is 0 Å². The molecule has 1 aromatic rings. The van der Waals surface area contributed by atoms with Crippen LogP contribution in [0.15, 0.2) is 18.2 Å². The molecule has 0 radical (unpaired) electrons. The molecule has 1 fully saturated rings. The Labute approximate surface area is 96.6 Å². The fourth-order valence-electron chi connectivity index (χ4n) is 1.97. The second-order valence-electron chi connectivity index (χ2n) is 4.45. The minimum Gasteiger partial charge on any atom is -0.496 e. The highest BCUT2D eigenvalue weighted by Gasteiger charge is 2.26. The molecule has 16 heavy (non-hydrogen) atoms. The molecule has 1 saturated carbocycles. The van der Waals surface area contributed by atoms with Crippen LogP contribution in [0.2, 0.25) is 0 Å². The van der Waals surface area contributed by atoms with Crippen LogP contribution in [0.4, 0.5) is 0 Å². The third kappa shape index (κ3) is 2.54. The zero-order chi connectivity index (χ0) is 11.5. The van der Waals surface area contributed by atoms with E-state index in [-0.39, 0.29) is 6.61 Å². The van der Waals surface area contributed by atoms with Crippen LogP contribution >= 0.6 is 0 Å². The molecule has 0 amide bonds. The van der Waals surface area contributed by atoms with Crippen molar-refractivity contribution in [1.82, 2.24) is 4.90 Å². The van der Waals surface area contributed by atoms with Gasteiger partial charge in [-0.15, -0.1) is 0 Å². The van der Waals surface area contributed by atoms with Crippen LogP contribution in [-0.2, 0) is 13.2 Å². The molecular weight excluding hydrogens is 202 g/mol. The van der Waals surface area contributed by atoms with Gasteiger partial charge in [0.25, 0.3) is 0 Å². The van der Waals surface area contributed by atoms with E-state index in [1.165, 1.54) is 12.8 Å². The van der Waals surface area contributed by atoms with Crippen molar-refractivity contribution in [2.45, 2.75) is 32.0 Å². The first-order valence-corrected chi connectivity index (χ1v) is 5.71. The first-order chi connectivity index (χ1) is 7.74. The van der Waals surface area contributed by atoms with Crippen LogP contribution < -0.4 is 4.74 Å². The highest BCUT2D eigenvalue weighted by Crippen LogP contribution is 2.29. The maximum atomic E-state index is 9.13. The van der Waals surface area contributed by atoms with E-state index in [0.29, 0.717) is 0 Å². The molecule has 1 N–H and O–H groups in total. The molecule has 1 aromatic carbocycles. The molecule has 0 spiro atoms. The van der Waals surface area contributed by atoms with Gasteiger partial charge < -0.3 is 9.84 Å². The minimum atomic E-state index is 0.0874. The van der Waals surface area contributed by atoms with Gasteiger partial charge in [0.15, 0.2) is 0 Å². The van der Waals surface area contributed by atoms with E-state index in [1.54, 1.807) is 7.11 Å². The summed E-state index contributed by atoms with van der Waals surface area (Å²) in [4.78, 5) is 2.35. The fraction of sp³-hybridized carbons (Fsp3) is 0.538. The monoisotopic (exact) mass is 221 g/mol. The van der Waals surface area contributed by atoms with Crippen LogP contribution in [0.1, 0.15) is 24.0 Å². The summed E-state index contributed by atoms with van der Waals surface area (Å²) in [5, 5.41) is 9.13. The van der Waals surface area contributed by atoms with E-state index < -0.39 is 0 Å². The van der Waals surface area contributed by atoms with E-state index >= 15 is 0 Å². The number of hydrogen-bond donors (Lipinski definition) is 1. The smallest absolute Gasteiger partial charge is 0.123 e. The Hall–Kier alpha value is -1.06. The zero-order valence-electron chi connectivity index (χ0n) is 9.94. The van der Waals surface area contributed by atoms with Crippen molar-refractivity contribution in [2.75, 3.05) is 14.2 Å². The number of nitrogens with zero attached hydrogens (tertiary/aromatic N) is 1. The highest BCUT2D eigenvalue weighted by molar-refractivity contribution is 5.37. The molecule has 2 rings (SSSR count). The molecule has 88 valence electrons. The van der Waals surface area contributed by atoms with Crippen molar-refractivity contribution in [3.05, 3.63) is 29.3 Å². The Morgan fingerprint density at radius 1 is 1.44 bits per heavy atom. The number of ether oxygens (including phenoxy) is 1. The summed E-state index contributed by atoms with van der Waals surface area (Å²) in [6, 6.07) is 6.60. The van der Waals surface area contributed by atoms with Crippen molar-refractivity contribution in [3.8, 4) is 5.75 Å². The van der Waals surface area contributed by atoms with Gasteiger partial charge in [-0.1, -0.05) is 6.07 Å². The molecule has 3 nitrogen and oxygen atoms in total. The van der Waals surface area contributed by atoms with Crippen LogP contribution in [0.5, 0.6) is 5.75 Å².